The number of methoxy groups -OCH3 is 1. The first-order chi connectivity index (χ1) is 13.4. The third-order valence-corrected chi connectivity index (χ3v) is 3.56. The number of carbonyl (C=O) groups excluding carboxylic acids is 2. The van der Waals surface area contributed by atoms with E-state index in [1.165, 1.54) is 31.4 Å². The van der Waals surface area contributed by atoms with Gasteiger partial charge in [-0.25, -0.2) is 0 Å². The van der Waals surface area contributed by atoms with Gasteiger partial charge in [0.1, 0.15) is 17.4 Å². The average molecular weight is 381 g/mol. The number of nitrogens with zero attached hydrogens (tertiary/aromatic N) is 2. The molecule has 10 heteroatoms. The van der Waals surface area contributed by atoms with Gasteiger partial charge in [0.2, 0.25) is 0 Å². The Labute approximate surface area is 159 Å². The van der Waals surface area contributed by atoms with E-state index >= 15 is 0 Å². The van der Waals surface area contributed by atoms with Crippen LogP contribution >= 0.6 is 0 Å². The maximum Gasteiger partial charge on any atom is 0.273 e. The van der Waals surface area contributed by atoms with Crippen LogP contribution in [0.5, 0.6) is 5.75 Å². The minimum Gasteiger partial charge on any atom is -0.494 e. The molecule has 0 fully saturated rings. The Morgan fingerprint density at radius 2 is 2.00 bits per heavy atom. The lowest BCUT2D eigenvalue weighted by molar-refractivity contribution is -0.384. The molecular formula is C18H15N5O5. The molecule has 4 N–H and O–H groups in total. The summed E-state index contributed by atoms with van der Waals surface area (Å²) in [4.78, 5) is 34.6. The number of nitriles is 1. The van der Waals surface area contributed by atoms with E-state index in [1.54, 1.807) is 18.2 Å². The van der Waals surface area contributed by atoms with Crippen molar-refractivity contribution in [2.24, 2.45) is 0 Å². The highest BCUT2D eigenvalue weighted by Gasteiger charge is 2.16. The zero-order chi connectivity index (χ0) is 20.7. The minimum atomic E-state index is -0.837. The number of benzene rings is 2. The Hall–Kier alpha value is -4.39. The van der Waals surface area contributed by atoms with Crippen LogP contribution in [-0.4, -0.2) is 23.8 Å². The highest BCUT2D eigenvalue weighted by atomic mass is 16.6. The Bertz CT molecular complexity index is 1010. The largest absolute Gasteiger partial charge is 0.494 e. The van der Waals surface area contributed by atoms with Gasteiger partial charge < -0.3 is 21.1 Å². The van der Waals surface area contributed by atoms with Gasteiger partial charge in [0.05, 0.1) is 29.4 Å². The van der Waals surface area contributed by atoms with Crippen LogP contribution in [0.25, 0.3) is 0 Å². The number of anilines is 2. The molecule has 10 nitrogen and oxygen atoms in total. The van der Waals surface area contributed by atoms with E-state index in [-0.39, 0.29) is 28.4 Å². The van der Waals surface area contributed by atoms with Crippen molar-refractivity contribution in [2.45, 2.75) is 0 Å². The number of ether oxygens (including phenoxy) is 1. The second-order valence-corrected chi connectivity index (χ2v) is 5.33. The Balaban J connectivity index is 2.17. The summed E-state index contributed by atoms with van der Waals surface area (Å²) in [5.41, 5.74) is 5.63. The monoisotopic (exact) mass is 381 g/mol. The molecule has 2 aromatic carbocycles. The molecule has 0 bridgehead atoms. The highest BCUT2D eigenvalue weighted by Crippen LogP contribution is 2.29. The molecule has 0 aliphatic heterocycles. The molecule has 2 rings (SSSR count). The number of hydrogen-bond acceptors (Lipinski definition) is 7. The fraction of sp³-hybridized carbons (Fsp3) is 0.0556. The van der Waals surface area contributed by atoms with Crippen molar-refractivity contribution in [3.63, 3.8) is 0 Å². The Morgan fingerprint density at radius 3 is 2.61 bits per heavy atom. The number of nitrogens with two attached hydrogens (primary N) is 1. The van der Waals surface area contributed by atoms with Gasteiger partial charge in [-0.3, -0.25) is 19.7 Å². The molecule has 2 amide bonds. The maximum absolute atomic E-state index is 12.3. The minimum absolute atomic E-state index is 0.0425. The first-order valence-corrected chi connectivity index (χ1v) is 7.76. The van der Waals surface area contributed by atoms with E-state index in [0.717, 1.165) is 12.3 Å². The fourth-order valence-corrected chi connectivity index (χ4v) is 2.15. The quantitative estimate of drug-likeness (QED) is 0.226. The SMILES string of the molecule is COc1cc([N+](=O)[O-])ccc1NC(=O)/C(C#N)=C\NC(=O)c1ccccc1N. The van der Waals surface area contributed by atoms with E-state index in [1.807, 2.05) is 0 Å². The number of nitro benzene ring substituents is 1. The maximum atomic E-state index is 12.3. The molecule has 0 atom stereocenters. The van der Waals surface area contributed by atoms with Crippen LogP contribution in [0.3, 0.4) is 0 Å². The molecule has 142 valence electrons. The lowest BCUT2D eigenvalue weighted by Crippen LogP contribution is -2.22. The van der Waals surface area contributed by atoms with Crippen molar-refractivity contribution >= 4 is 28.9 Å². The number of nitrogen functional groups attached to an aromatic ring is 1. The normalized spacial score (nSPS) is 10.5. The molecule has 0 unspecified atom stereocenters. The molecule has 28 heavy (non-hydrogen) atoms. The number of rotatable bonds is 6. The van der Waals surface area contributed by atoms with Crippen LogP contribution in [-0.2, 0) is 4.79 Å². The van der Waals surface area contributed by atoms with Crippen molar-refractivity contribution in [1.82, 2.24) is 5.32 Å². The van der Waals surface area contributed by atoms with Crippen LogP contribution < -0.4 is 21.1 Å². The van der Waals surface area contributed by atoms with E-state index < -0.39 is 22.3 Å². The molecule has 0 radical (unpaired) electrons. The van der Waals surface area contributed by atoms with Gasteiger partial charge in [0.25, 0.3) is 17.5 Å². The number of non-ortho nitro benzene ring substituents is 1. The van der Waals surface area contributed by atoms with E-state index in [4.69, 9.17) is 10.5 Å². The fourth-order valence-electron chi connectivity index (χ4n) is 2.15. The summed E-state index contributed by atoms with van der Waals surface area (Å²) in [6.07, 6.45) is 0.946. The third kappa shape index (κ3) is 4.61. The molecule has 0 saturated carbocycles. The summed E-state index contributed by atoms with van der Waals surface area (Å²) in [6.45, 7) is 0. The van der Waals surface area contributed by atoms with E-state index in [2.05, 4.69) is 10.6 Å². The van der Waals surface area contributed by atoms with E-state index in [9.17, 15) is 25.0 Å². The third-order valence-electron chi connectivity index (χ3n) is 3.56. The van der Waals surface area contributed by atoms with Crippen molar-refractivity contribution in [3.05, 3.63) is 69.9 Å². The summed E-state index contributed by atoms with van der Waals surface area (Å²) in [6, 6.07) is 11.6. The number of nitrogens with one attached hydrogen (secondary N) is 2. The zero-order valence-electron chi connectivity index (χ0n) is 14.6. The summed E-state index contributed by atoms with van der Waals surface area (Å²) in [5.74, 6) is -1.39. The summed E-state index contributed by atoms with van der Waals surface area (Å²) in [5, 5.41) is 24.7. The molecule has 0 aromatic heterocycles. The molecule has 0 aliphatic rings. The number of amides is 2. The van der Waals surface area contributed by atoms with Gasteiger partial charge in [-0.2, -0.15) is 5.26 Å². The number of nitro groups is 1. The summed E-state index contributed by atoms with van der Waals surface area (Å²) in [7, 11) is 1.28. The molecule has 0 heterocycles. The lowest BCUT2D eigenvalue weighted by Gasteiger charge is -2.09. The average Bonchev–Trinajstić information content (AvgIpc) is 2.68. The number of para-hydroxylation sites is 1. The van der Waals surface area contributed by atoms with Gasteiger partial charge in [-0.05, 0) is 18.2 Å². The summed E-state index contributed by atoms with van der Waals surface area (Å²) < 4.78 is 5.01. The Morgan fingerprint density at radius 1 is 1.29 bits per heavy atom. The summed E-state index contributed by atoms with van der Waals surface area (Å²) >= 11 is 0. The second-order valence-electron chi connectivity index (χ2n) is 5.33. The standard InChI is InChI=1S/C18H15N5O5/c1-28-16-8-12(23(26)27)6-7-15(16)22-17(24)11(9-19)10-21-18(25)13-4-2-3-5-14(13)20/h2-8,10H,20H2,1H3,(H,21,25)(H,22,24)/b11-10-. The predicted molar refractivity (Wildman–Crippen MR) is 100 cm³/mol. The molecule has 0 saturated heterocycles. The predicted octanol–water partition coefficient (Wildman–Crippen LogP) is 1.96. The molecule has 0 aliphatic carbocycles. The van der Waals surface area contributed by atoms with Gasteiger partial charge in [0.15, 0.2) is 0 Å². The Kier molecular flexibility index (Phi) is 6.27. The van der Waals surface area contributed by atoms with Crippen LogP contribution in [0, 0.1) is 21.4 Å². The van der Waals surface area contributed by atoms with Crippen molar-refractivity contribution in [1.29, 1.82) is 5.26 Å². The van der Waals surface area contributed by atoms with E-state index in [0.29, 0.717) is 0 Å². The van der Waals surface area contributed by atoms with Gasteiger partial charge in [-0.15, -0.1) is 0 Å². The van der Waals surface area contributed by atoms with Gasteiger partial charge >= 0.3 is 0 Å². The highest BCUT2D eigenvalue weighted by molar-refractivity contribution is 6.08. The van der Waals surface area contributed by atoms with Gasteiger partial charge in [0, 0.05) is 18.0 Å². The topological polar surface area (TPSA) is 160 Å². The molecular weight excluding hydrogens is 366 g/mol. The van der Waals surface area contributed by atoms with Crippen molar-refractivity contribution in [3.8, 4) is 11.8 Å². The smallest absolute Gasteiger partial charge is 0.273 e. The molecule has 0 spiro atoms. The number of carbonyl (C=O) groups is 2. The molecule has 2 aromatic rings. The van der Waals surface area contributed by atoms with Crippen LogP contribution in [0.4, 0.5) is 17.1 Å². The lowest BCUT2D eigenvalue weighted by atomic mass is 10.1. The number of hydrogen-bond donors (Lipinski definition) is 3. The van der Waals surface area contributed by atoms with Crippen molar-refractivity contribution < 1.29 is 19.2 Å². The first kappa shape index (κ1) is 19.9. The van der Waals surface area contributed by atoms with Crippen molar-refractivity contribution in [2.75, 3.05) is 18.2 Å². The van der Waals surface area contributed by atoms with Crippen LogP contribution in [0.1, 0.15) is 10.4 Å². The second kappa shape index (κ2) is 8.81. The van der Waals surface area contributed by atoms with Crippen LogP contribution in [0.2, 0.25) is 0 Å². The first-order valence-electron chi connectivity index (χ1n) is 7.76. The zero-order valence-corrected chi connectivity index (χ0v) is 14.6. The van der Waals surface area contributed by atoms with Crippen LogP contribution in [0.15, 0.2) is 54.2 Å². The van der Waals surface area contributed by atoms with Gasteiger partial charge in [-0.1, -0.05) is 12.1 Å².